The van der Waals surface area contributed by atoms with Gasteiger partial charge in [0.1, 0.15) is 6.04 Å². The molecule has 0 aromatic heterocycles. The number of halogens is 1. The molecule has 0 saturated heterocycles. The molecule has 0 aliphatic heterocycles. The normalized spacial score (nSPS) is 11.6. The summed E-state index contributed by atoms with van der Waals surface area (Å²) in [7, 11) is 1.58. The SMILES string of the molecule is COCCNC(=O)[C@@H](c1ccccc1)N(Cc1ccccc1)C(=O)Cc1ccc(Cl)cc1. The Balaban J connectivity index is 1.94. The van der Waals surface area contributed by atoms with E-state index in [-0.39, 0.29) is 18.2 Å². The summed E-state index contributed by atoms with van der Waals surface area (Å²) in [5, 5.41) is 3.51. The fourth-order valence-corrected chi connectivity index (χ4v) is 3.59. The van der Waals surface area contributed by atoms with Crippen molar-refractivity contribution in [2.75, 3.05) is 20.3 Å². The molecule has 2 amide bonds. The van der Waals surface area contributed by atoms with Crippen LogP contribution in [0.3, 0.4) is 0 Å². The van der Waals surface area contributed by atoms with Gasteiger partial charge in [-0.15, -0.1) is 0 Å². The highest BCUT2D eigenvalue weighted by molar-refractivity contribution is 6.30. The van der Waals surface area contributed by atoms with E-state index in [4.69, 9.17) is 16.3 Å². The lowest BCUT2D eigenvalue weighted by atomic mass is 10.0. The fraction of sp³-hybridized carbons (Fsp3) is 0.231. The van der Waals surface area contributed by atoms with Gasteiger partial charge in [-0.3, -0.25) is 9.59 Å². The van der Waals surface area contributed by atoms with E-state index in [2.05, 4.69) is 5.32 Å². The van der Waals surface area contributed by atoms with Gasteiger partial charge in [0.15, 0.2) is 0 Å². The smallest absolute Gasteiger partial charge is 0.247 e. The number of amides is 2. The molecule has 0 aliphatic carbocycles. The summed E-state index contributed by atoms with van der Waals surface area (Å²) in [5.41, 5.74) is 2.54. The average molecular weight is 451 g/mol. The van der Waals surface area contributed by atoms with Gasteiger partial charge < -0.3 is 15.0 Å². The maximum Gasteiger partial charge on any atom is 0.247 e. The van der Waals surface area contributed by atoms with Gasteiger partial charge in [-0.05, 0) is 28.8 Å². The van der Waals surface area contributed by atoms with Gasteiger partial charge >= 0.3 is 0 Å². The first kappa shape index (κ1) is 23.5. The quantitative estimate of drug-likeness (QED) is 0.465. The summed E-state index contributed by atoms with van der Waals surface area (Å²) in [6, 6.07) is 25.5. The Hall–Kier alpha value is -3.15. The molecule has 0 aliphatic rings. The molecular weight excluding hydrogens is 424 g/mol. The predicted molar refractivity (Wildman–Crippen MR) is 126 cm³/mol. The highest BCUT2D eigenvalue weighted by Crippen LogP contribution is 2.25. The molecular formula is C26H27ClN2O3. The summed E-state index contributed by atoms with van der Waals surface area (Å²) in [4.78, 5) is 28.5. The molecule has 6 heteroatoms. The van der Waals surface area contributed by atoms with Crippen molar-refractivity contribution in [1.82, 2.24) is 10.2 Å². The molecule has 0 radical (unpaired) electrons. The lowest BCUT2D eigenvalue weighted by molar-refractivity contribution is -0.141. The van der Waals surface area contributed by atoms with Gasteiger partial charge in [0, 0.05) is 25.2 Å². The first-order valence-electron chi connectivity index (χ1n) is 10.5. The second-order valence-corrected chi connectivity index (χ2v) is 7.84. The Morgan fingerprint density at radius 1 is 0.906 bits per heavy atom. The Bertz CT molecular complexity index is 995. The molecule has 0 unspecified atom stereocenters. The number of benzene rings is 3. The molecule has 0 saturated carbocycles. The molecule has 0 spiro atoms. The van der Waals surface area contributed by atoms with Crippen LogP contribution in [0.4, 0.5) is 0 Å². The number of ether oxygens (including phenoxy) is 1. The van der Waals surface area contributed by atoms with Gasteiger partial charge in [-0.2, -0.15) is 0 Å². The van der Waals surface area contributed by atoms with Crippen LogP contribution in [0.5, 0.6) is 0 Å². The van der Waals surface area contributed by atoms with Gasteiger partial charge in [0.2, 0.25) is 11.8 Å². The molecule has 0 fully saturated rings. The maximum atomic E-state index is 13.5. The molecule has 3 aromatic rings. The molecule has 0 bridgehead atoms. The maximum absolute atomic E-state index is 13.5. The number of hydrogen-bond acceptors (Lipinski definition) is 3. The van der Waals surface area contributed by atoms with Crippen molar-refractivity contribution in [3.8, 4) is 0 Å². The lowest BCUT2D eigenvalue weighted by Crippen LogP contribution is -2.44. The van der Waals surface area contributed by atoms with E-state index in [1.165, 1.54) is 0 Å². The Kier molecular flexibility index (Phi) is 8.84. The van der Waals surface area contributed by atoms with Crippen LogP contribution in [0.2, 0.25) is 5.02 Å². The number of rotatable bonds is 10. The van der Waals surface area contributed by atoms with E-state index < -0.39 is 6.04 Å². The van der Waals surface area contributed by atoms with Gasteiger partial charge in [0.05, 0.1) is 13.0 Å². The first-order chi connectivity index (χ1) is 15.6. The largest absolute Gasteiger partial charge is 0.383 e. The third-order valence-electron chi connectivity index (χ3n) is 5.07. The van der Waals surface area contributed by atoms with Crippen molar-refractivity contribution in [3.05, 3.63) is 107 Å². The van der Waals surface area contributed by atoms with E-state index in [1.54, 1.807) is 24.1 Å². The molecule has 32 heavy (non-hydrogen) atoms. The van der Waals surface area contributed by atoms with Gasteiger partial charge in [0.25, 0.3) is 0 Å². The third-order valence-corrected chi connectivity index (χ3v) is 5.32. The summed E-state index contributed by atoms with van der Waals surface area (Å²) in [5.74, 6) is -0.388. The van der Waals surface area contributed by atoms with Crippen LogP contribution in [-0.4, -0.2) is 37.0 Å². The van der Waals surface area contributed by atoms with Crippen molar-refractivity contribution >= 4 is 23.4 Å². The molecule has 166 valence electrons. The summed E-state index contributed by atoms with van der Waals surface area (Å²) in [6.45, 7) is 1.07. The van der Waals surface area contributed by atoms with Crippen LogP contribution in [0, 0.1) is 0 Å². The van der Waals surface area contributed by atoms with Crippen LogP contribution in [0.1, 0.15) is 22.7 Å². The van der Waals surface area contributed by atoms with Crippen LogP contribution in [0.15, 0.2) is 84.9 Å². The van der Waals surface area contributed by atoms with Crippen molar-refractivity contribution < 1.29 is 14.3 Å². The summed E-state index contributed by atoms with van der Waals surface area (Å²) >= 11 is 5.99. The van der Waals surface area contributed by atoms with Gasteiger partial charge in [-0.1, -0.05) is 84.4 Å². The number of nitrogens with zero attached hydrogens (tertiary/aromatic N) is 1. The predicted octanol–water partition coefficient (Wildman–Crippen LogP) is 4.42. The van der Waals surface area contributed by atoms with Crippen LogP contribution >= 0.6 is 11.6 Å². The zero-order chi connectivity index (χ0) is 22.8. The third kappa shape index (κ3) is 6.67. The zero-order valence-electron chi connectivity index (χ0n) is 18.0. The molecule has 5 nitrogen and oxygen atoms in total. The number of methoxy groups -OCH3 is 1. The first-order valence-corrected chi connectivity index (χ1v) is 10.9. The van der Waals surface area contributed by atoms with Crippen molar-refractivity contribution in [2.24, 2.45) is 0 Å². The molecule has 3 aromatic carbocycles. The average Bonchev–Trinajstić information content (AvgIpc) is 2.81. The van der Waals surface area contributed by atoms with Gasteiger partial charge in [-0.25, -0.2) is 0 Å². The highest BCUT2D eigenvalue weighted by atomic mass is 35.5. The number of carbonyl (C=O) groups is 2. The zero-order valence-corrected chi connectivity index (χ0v) is 18.8. The summed E-state index contributed by atoms with van der Waals surface area (Å²) in [6.07, 6.45) is 0.165. The minimum Gasteiger partial charge on any atom is -0.383 e. The minimum atomic E-state index is -0.770. The number of hydrogen-bond donors (Lipinski definition) is 1. The van der Waals surface area contributed by atoms with E-state index in [9.17, 15) is 9.59 Å². The van der Waals surface area contributed by atoms with E-state index in [1.807, 2.05) is 72.8 Å². The molecule has 3 rings (SSSR count). The minimum absolute atomic E-state index is 0.146. The fourth-order valence-electron chi connectivity index (χ4n) is 3.46. The second-order valence-electron chi connectivity index (χ2n) is 7.41. The van der Waals surface area contributed by atoms with E-state index in [0.29, 0.717) is 24.7 Å². The van der Waals surface area contributed by atoms with E-state index >= 15 is 0 Å². The lowest BCUT2D eigenvalue weighted by Gasteiger charge is -2.32. The molecule has 1 N–H and O–H groups in total. The van der Waals surface area contributed by atoms with Crippen LogP contribution in [0.25, 0.3) is 0 Å². The monoisotopic (exact) mass is 450 g/mol. The van der Waals surface area contributed by atoms with Crippen LogP contribution < -0.4 is 5.32 Å². The topological polar surface area (TPSA) is 58.6 Å². The Morgan fingerprint density at radius 2 is 1.53 bits per heavy atom. The number of nitrogens with one attached hydrogen (secondary N) is 1. The number of carbonyl (C=O) groups excluding carboxylic acids is 2. The molecule has 0 heterocycles. The highest BCUT2D eigenvalue weighted by Gasteiger charge is 2.31. The van der Waals surface area contributed by atoms with Crippen LogP contribution in [-0.2, 0) is 27.3 Å². The standard InChI is InChI=1S/C26H27ClN2O3/c1-32-17-16-28-26(31)25(22-10-6-3-7-11-22)29(19-21-8-4-2-5-9-21)24(30)18-20-12-14-23(27)15-13-20/h2-15,25H,16-19H2,1H3,(H,28,31)/t25-/m1/s1. The van der Waals surface area contributed by atoms with E-state index in [0.717, 1.165) is 16.7 Å². The summed E-state index contributed by atoms with van der Waals surface area (Å²) < 4.78 is 5.06. The van der Waals surface area contributed by atoms with Crippen molar-refractivity contribution in [3.63, 3.8) is 0 Å². The van der Waals surface area contributed by atoms with Crippen molar-refractivity contribution in [2.45, 2.75) is 19.0 Å². The molecule has 1 atom stereocenters. The second kappa shape index (κ2) is 12.0. The van der Waals surface area contributed by atoms with Crippen molar-refractivity contribution in [1.29, 1.82) is 0 Å². The Labute approximate surface area is 194 Å². The Morgan fingerprint density at radius 3 is 2.16 bits per heavy atom.